The molecule has 0 aromatic heterocycles. The fourth-order valence-electron chi connectivity index (χ4n) is 2.19. The van der Waals surface area contributed by atoms with Crippen molar-refractivity contribution in [3.63, 3.8) is 0 Å². The molecule has 0 bridgehead atoms. The van der Waals surface area contributed by atoms with Crippen molar-refractivity contribution in [1.29, 1.82) is 0 Å². The van der Waals surface area contributed by atoms with Gasteiger partial charge in [0.1, 0.15) is 5.75 Å². The van der Waals surface area contributed by atoms with E-state index in [-0.39, 0.29) is 12.1 Å². The molecule has 1 aromatic rings. The zero-order chi connectivity index (χ0) is 13.0. The summed E-state index contributed by atoms with van der Waals surface area (Å²) < 4.78 is 5.32. The molecule has 18 heavy (non-hydrogen) atoms. The molecule has 1 aliphatic rings. The molecule has 1 heterocycles. The number of carbonyl (C=O) groups is 1. The van der Waals surface area contributed by atoms with Crippen LogP contribution in [-0.4, -0.2) is 37.7 Å². The van der Waals surface area contributed by atoms with E-state index in [4.69, 9.17) is 10.5 Å². The summed E-state index contributed by atoms with van der Waals surface area (Å²) in [5, 5.41) is 2.97. The number of rotatable bonds is 5. The predicted molar refractivity (Wildman–Crippen MR) is 69.5 cm³/mol. The van der Waals surface area contributed by atoms with Crippen molar-refractivity contribution in [2.75, 3.05) is 26.7 Å². The zero-order valence-electron chi connectivity index (χ0n) is 10.6. The fourth-order valence-corrected chi connectivity index (χ4v) is 2.19. The first-order chi connectivity index (χ1) is 8.76. The minimum Gasteiger partial charge on any atom is -0.496 e. The maximum Gasteiger partial charge on any atom is 0.318 e. The van der Waals surface area contributed by atoms with E-state index in [9.17, 15) is 4.79 Å². The van der Waals surface area contributed by atoms with Gasteiger partial charge in [-0.15, -0.1) is 0 Å². The highest BCUT2D eigenvalue weighted by atomic mass is 16.5. The second-order valence-electron chi connectivity index (χ2n) is 4.33. The van der Waals surface area contributed by atoms with Crippen LogP contribution in [0.2, 0.25) is 0 Å². The molecule has 2 rings (SSSR count). The van der Waals surface area contributed by atoms with E-state index in [1.54, 1.807) is 12.0 Å². The van der Waals surface area contributed by atoms with Gasteiger partial charge in [-0.2, -0.15) is 0 Å². The van der Waals surface area contributed by atoms with Crippen LogP contribution in [0.4, 0.5) is 4.79 Å². The van der Waals surface area contributed by atoms with Crippen molar-refractivity contribution in [1.82, 2.24) is 10.2 Å². The van der Waals surface area contributed by atoms with Crippen LogP contribution in [0, 0.1) is 0 Å². The monoisotopic (exact) mass is 249 g/mol. The number of hydrogen-bond acceptors (Lipinski definition) is 3. The number of nitrogens with one attached hydrogen (secondary N) is 1. The van der Waals surface area contributed by atoms with Crippen LogP contribution in [-0.2, 0) is 0 Å². The maximum absolute atomic E-state index is 11.8. The van der Waals surface area contributed by atoms with Gasteiger partial charge in [0.15, 0.2) is 0 Å². The lowest BCUT2D eigenvalue weighted by Gasteiger charge is -2.15. The third-order valence-electron chi connectivity index (χ3n) is 3.13. The van der Waals surface area contributed by atoms with Gasteiger partial charge in [-0.1, -0.05) is 18.2 Å². The summed E-state index contributed by atoms with van der Waals surface area (Å²) in [5.41, 5.74) is 6.48. The topological polar surface area (TPSA) is 67.6 Å². The van der Waals surface area contributed by atoms with Gasteiger partial charge in [0, 0.05) is 18.7 Å². The van der Waals surface area contributed by atoms with E-state index in [0.29, 0.717) is 19.6 Å². The van der Waals surface area contributed by atoms with E-state index < -0.39 is 0 Å². The summed E-state index contributed by atoms with van der Waals surface area (Å²) in [6, 6.07) is 7.73. The Kier molecular flexibility index (Phi) is 4.04. The van der Waals surface area contributed by atoms with Gasteiger partial charge in [0.2, 0.25) is 0 Å². The summed E-state index contributed by atoms with van der Waals surface area (Å²) in [6.45, 7) is 1.97. The number of ether oxygens (including phenoxy) is 1. The Morgan fingerprint density at radius 1 is 1.50 bits per heavy atom. The van der Waals surface area contributed by atoms with Crippen molar-refractivity contribution < 1.29 is 9.53 Å². The number of hydrogen-bond donors (Lipinski definition) is 2. The average Bonchev–Trinajstić information content (AvgIpc) is 2.77. The highest BCUT2D eigenvalue weighted by Crippen LogP contribution is 2.28. The number of para-hydroxylation sites is 1. The predicted octanol–water partition coefficient (Wildman–Crippen LogP) is 1.11. The highest BCUT2D eigenvalue weighted by Gasteiger charge is 2.30. The van der Waals surface area contributed by atoms with Crippen LogP contribution in [0.3, 0.4) is 0 Å². The second kappa shape index (κ2) is 5.73. The van der Waals surface area contributed by atoms with E-state index in [1.807, 2.05) is 24.3 Å². The van der Waals surface area contributed by atoms with Gasteiger partial charge >= 0.3 is 6.03 Å². The Bertz CT molecular complexity index is 422. The molecular formula is C13H19N3O2. The zero-order valence-corrected chi connectivity index (χ0v) is 10.6. The van der Waals surface area contributed by atoms with Gasteiger partial charge < -0.3 is 20.7 Å². The molecule has 1 fully saturated rings. The standard InChI is InChI=1S/C13H19N3O2/c1-18-12-6-3-2-5-10(12)11-9-16(8-4-7-14)13(17)15-11/h2-3,5-6,11H,4,7-9,14H2,1H3,(H,15,17). The molecule has 1 aliphatic heterocycles. The van der Waals surface area contributed by atoms with E-state index >= 15 is 0 Å². The maximum atomic E-state index is 11.8. The molecule has 5 heteroatoms. The van der Waals surface area contributed by atoms with Crippen LogP contribution in [0.5, 0.6) is 5.75 Å². The summed E-state index contributed by atoms with van der Waals surface area (Å²) in [4.78, 5) is 13.6. The molecule has 2 amide bonds. The molecule has 0 aliphatic carbocycles. The van der Waals surface area contributed by atoms with E-state index in [1.165, 1.54) is 0 Å². The van der Waals surface area contributed by atoms with Crippen molar-refractivity contribution in [2.24, 2.45) is 5.73 Å². The number of amides is 2. The lowest BCUT2D eigenvalue weighted by Crippen LogP contribution is -2.30. The second-order valence-corrected chi connectivity index (χ2v) is 4.33. The molecule has 1 aromatic carbocycles. The molecule has 0 radical (unpaired) electrons. The number of nitrogens with zero attached hydrogens (tertiary/aromatic N) is 1. The number of benzene rings is 1. The molecule has 1 atom stereocenters. The highest BCUT2D eigenvalue weighted by molar-refractivity contribution is 5.77. The van der Waals surface area contributed by atoms with Crippen molar-refractivity contribution in [3.05, 3.63) is 29.8 Å². The van der Waals surface area contributed by atoms with Gasteiger partial charge in [-0.25, -0.2) is 4.79 Å². The van der Waals surface area contributed by atoms with Crippen LogP contribution in [0.25, 0.3) is 0 Å². The Balaban J connectivity index is 2.09. The first-order valence-electron chi connectivity index (χ1n) is 6.14. The van der Waals surface area contributed by atoms with Crippen molar-refractivity contribution >= 4 is 6.03 Å². The Morgan fingerprint density at radius 2 is 2.28 bits per heavy atom. The molecular weight excluding hydrogens is 230 g/mol. The Hall–Kier alpha value is -1.75. The first-order valence-corrected chi connectivity index (χ1v) is 6.14. The van der Waals surface area contributed by atoms with Crippen molar-refractivity contribution in [3.8, 4) is 5.75 Å². The summed E-state index contributed by atoms with van der Waals surface area (Å²) in [5.74, 6) is 0.809. The number of methoxy groups -OCH3 is 1. The summed E-state index contributed by atoms with van der Waals surface area (Å²) in [6.07, 6.45) is 0.825. The van der Waals surface area contributed by atoms with Gasteiger partial charge in [0.05, 0.1) is 13.2 Å². The van der Waals surface area contributed by atoms with Crippen molar-refractivity contribution in [2.45, 2.75) is 12.5 Å². The molecule has 0 saturated carbocycles. The number of carbonyl (C=O) groups excluding carboxylic acids is 1. The minimum atomic E-state index is -0.0284. The Labute approximate surface area is 107 Å². The average molecular weight is 249 g/mol. The van der Waals surface area contributed by atoms with Crippen LogP contribution < -0.4 is 15.8 Å². The molecule has 1 unspecified atom stereocenters. The van der Waals surface area contributed by atoms with Gasteiger partial charge in [-0.05, 0) is 19.0 Å². The summed E-state index contributed by atoms with van der Waals surface area (Å²) in [7, 11) is 1.64. The smallest absolute Gasteiger partial charge is 0.318 e. The van der Waals surface area contributed by atoms with Gasteiger partial charge in [-0.3, -0.25) is 0 Å². The summed E-state index contributed by atoms with van der Waals surface area (Å²) >= 11 is 0. The minimum absolute atomic E-state index is 0.00794. The quantitative estimate of drug-likeness (QED) is 0.821. The molecule has 98 valence electrons. The number of urea groups is 1. The molecule has 5 nitrogen and oxygen atoms in total. The van der Waals surface area contributed by atoms with E-state index in [0.717, 1.165) is 17.7 Å². The SMILES string of the molecule is COc1ccccc1C1CN(CCCN)C(=O)N1. The first kappa shape index (κ1) is 12.7. The molecule has 3 N–H and O–H groups in total. The van der Waals surface area contributed by atoms with Crippen LogP contribution >= 0.6 is 0 Å². The largest absolute Gasteiger partial charge is 0.496 e. The van der Waals surface area contributed by atoms with Crippen LogP contribution in [0.15, 0.2) is 24.3 Å². The van der Waals surface area contributed by atoms with E-state index in [2.05, 4.69) is 5.32 Å². The molecule has 1 saturated heterocycles. The lowest BCUT2D eigenvalue weighted by molar-refractivity contribution is 0.217. The third kappa shape index (κ3) is 2.56. The van der Waals surface area contributed by atoms with Crippen LogP contribution in [0.1, 0.15) is 18.0 Å². The molecule has 0 spiro atoms. The third-order valence-corrected chi connectivity index (χ3v) is 3.13. The normalized spacial score (nSPS) is 18.9. The van der Waals surface area contributed by atoms with Gasteiger partial charge in [0.25, 0.3) is 0 Å². The lowest BCUT2D eigenvalue weighted by atomic mass is 10.1. The fraction of sp³-hybridized carbons (Fsp3) is 0.462. The number of nitrogens with two attached hydrogens (primary N) is 1. The Morgan fingerprint density at radius 3 is 3.00 bits per heavy atom.